The first-order valence-electron chi connectivity index (χ1n) is 8.68. The summed E-state index contributed by atoms with van der Waals surface area (Å²) in [6.07, 6.45) is 5.64. The summed E-state index contributed by atoms with van der Waals surface area (Å²) in [6.45, 7) is 2.88. The van der Waals surface area contributed by atoms with E-state index in [4.69, 9.17) is 11.6 Å². The SMILES string of the molecule is O=C(O)N1CCN2CC3CCCCCC3c3cc(Cl)cc(c32)C1. The lowest BCUT2D eigenvalue weighted by atomic mass is 9.77. The Kier molecular flexibility index (Phi) is 3.88. The summed E-state index contributed by atoms with van der Waals surface area (Å²) < 4.78 is 0. The van der Waals surface area contributed by atoms with Gasteiger partial charge in [-0.3, -0.25) is 0 Å². The van der Waals surface area contributed by atoms with Crippen LogP contribution in [-0.4, -0.2) is 35.7 Å². The van der Waals surface area contributed by atoms with E-state index in [-0.39, 0.29) is 0 Å². The van der Waals surface area contributed by atoms with Crippen LogP contribution < -0.4 is 4.90 Å². The van der Waals surface area contributed by atoms with Crippen LogP contribution in [0.5, 0.6) is 0 Å². The molecule has 4 rings (SSSR count). The van der Waals surface area contributed by atoms with Crippen LogP contribution >= 0.6 is 11.6 Å². The van der Waals surface area contributed by atoms with Crippen molar-refractivity contribution in [3.05, 3.63) is 28.3 Å². The Bertz CT molecular complexity index is 634. The lowest BCUT2D eigenvalue weighted by Crippen LogP contribution is -2.40. The fourth-order valence-electron chi connectivity index (χ4n) is 4.75. The summed E-state index contributed by atoms with van der Waals surface area (Å²) in [6, 6.07) is 4.11. The number of rotatable bonds is 0. The number of hydrogen-bond donors (Lipinski definition) is 1. The molecule has 5 heteroatoms. The predicted molar refractivity (Wildman–Crippen MR) is 91.4 cm³/mol. The summed E-state index contributed by atoms with van der Waals surface area (Å²) in [5.41, 5.74) is 3.73. The third kappa shape index (κ3) is 2.67. The number of benzene rings is 1. The first-order chi connectivity index (χ1) is 11.1. The third-order valence-electron chi connectivity index (χ3n) is 5.78. The van der Waals surface area contributed by atoms with Gasteiger partial charge in [0.2, 0.25) is 0 Å². The van der Waals surface area contributed by atoms with E-state index in [9.17, 15) is 9.90 Å². The van der Waals surface area contributed by atoms with Crippen molar-refractivity contribution in [3.8, 4) is 0 Å². The smallest absolute Gasteiger partial charge is 0.407 e. The zero-order valence-electron chi connectivity index (χ0n) is 13.3. The fourth-order valence-corrected chi connectivity index (χ4v) is 5.00. The van der Waals surface area contributed by atoms with Crippen molar-refractivity contribution in [2.24, 2.45) is 5.92 Å². The number of carboxylic acid groups (broad SMARTS) is 1. The van der Waals surface area contributed by atoms with Crippen LogP contribution in [0.15, 0.2) is 12.1 Å². The molecule has 1 fully saturated rings. The molecule has 1 saturated carbocycles. The lowest BCUT2D eigenvalue weighted by molar-refractivity contribution is 0.144. The van der Waals surface area contributed by atoms with Crippen molar-refractivity contribution in [1.82, 2.24) is 4.90 Å². The molecule has 1 amide bonds. The molecular formula is C18H23ClN2O2. The molecule has 4 nitrogen and oxygen atoms in total. The van der Waals surface area contributed by atoms with Crippen molar-refractivity contribution in [1.29, 1.82) is 0 Å². The third-order valence-corrected chi connectivity index (χ3v) is 6.00. The highest BCUT2D eigenvalue weighted by molar-refractivity contribution is 6.30. The van der Waals surface area contributed by atoms with Crippen LogP contribution in [-0.2, 0) is 6.54 Å². The second kappa shape index (κ2) is 5.90. The second-order valence-electron chi connectivity index (χ2n) is 7.16. The molecule has 1 aromatic carbocycles. The maximum atomic E-state index is 11.5. The van der Waals surface area contributed by atoms with Gasteiger partial charge in [0.05, 0.1) is 6.54 Å². The average Bonchev–Trinajstić information content (AvgIpc) is 2.84. The highest BCUT2D eigenvalue weighted by Gasteiger charge is 2.37. The van der Waals surface area contributed by atoms with Crippen LogP contribution in [0.25, 0.3) is 0 Å². The van der Waals surface area contributed by atoms with Gasteiger partial charge in [0.25, 0.3) is 0 Å². The molecule has 0 spiro atoms. The van der Waals surface area contributed by atoms with Gasteiger partial charge in [0.1, 0.15) is 0 Å². The molecule has 23 heavy (non-hydrogen) atoms. The molecule has 0 aromatic heterocycles. The zero-order chi connectivity index (χ0) is 16.0. The molecule has 1 aliphatic carbocycles. The van der Waals surface area contributed by atoms with Crippen LogP contribution in [0.3, 0.4) is 0 Å². The van der Waals surface area contributed by atoms with Gasteiger partial charge in [-0.1, -0.05) is 30.9 Å². The highest BCUT2D eigenvalue weighted by atomic mass is 35.5. The van der Waals surface area contributed by atoms with Gasteiger partial charge in [-0.25, -0.2) is 4.79 Å². The first-order valence-corrected chi connectivity index (χ1v) is 9.06. The number of amides is 1. The Morgan fingerprint density at radius 2 is 2.00 bits per heavy atom. The Morgan fingerprint density at radius 1 is 1.17 bits per heavy atom. The van der Waals surface area contributed by atoms with Gasteiger partial charge in [0.15, 0.2) is 0 Å². The largest absolute Gasteiger partial charge is 0.465 e. The lowest BCUT2D eigenvalue weighted by Gasteiger charge is -2.41. The monoisotopic (exact) mass is 334 g/mol. The van der Waals surface area contributed by atoms with Crippen molar-refractivity contribution in [3.63, 3.8) is 0 Å². The van der Waals surface area contributed by atoms with Crippen LogP contribution in [0.2, 0.25) is 5.02 Å². The van der Waals surface area contributed by atoms with E-state index < -0.39 is 6.09 Å². The Hall–Kier alpha value is -1.42. The van der Waals surface area contributed by atoms with Crippen molar-refractivity contribution in [2.75, 3.05) is 24.5 Å². The minimum atomic E-state index is -0.840. The van der Waals surface area contributed by atoms with Gasteiger partial charge in [-0.2, -0.15) is 0 Å². The van der Waals surface area contributed by atoms with Gasteiger partial charge >= 0.3 is 6.09 Å². The molecule has 1 aromatic rings. The van der Waals surface area contributed by atoms with Gasteiger partial charge in [-0.05, 0) is 47.9 Å². The van der Waals surface area contributed by atoms with Gasteiger partial charge < -0.3 is 14.9 Å². The number of carbonyl (C=O) groups is 1. The highest BCUT2D eigenvalue weighted by Crippen LogP contribution is 2.48. The Labute approximate surface area is 142 Å². The normalized spacial score (nSPS) is 26.8. The van der Waals surface area contributed by atoms with Gasteiger partial charge in [-0.15, -0.1) is 0 Å². The van der Waals surface area contributed by atoms with E-state index in [0.717, 1.165) is 23.7 Å². The minimum absolute atomic E-state index is 0.451. The van der Waals surface area contributed by atoms with E-state index in [1.165, 1.54) is 48.3 Å². The molecule has 124 valence electrons. The summed E-state index contributed by atoms with van der Waals surface area (Å²) >= 11 is 6.40. The maximum absolute atomic E-state index is 11.5. The van der Waals surface area contributed by atoms with Crippen molar-refractivity contribution >= 4 is 23.4 Å². The summed E-state index contributed by atoms with van der Waals surface area (Å²) in [5, 5.41) is 10.2. The molecule has 2 aliphatic heterocycles. The number of fused-ring (bicyclic) bond motifs is 2. The fraction of sp³-hybridized carbons (Fsp3) is 0.611. The van der Waals surface area contributed by atoms with E-state index in [2.05, 4.69) is 11.0 Å². The van der Waals surface area contributed by atoms with Crippen molar-refractivity contribution < 1.29 is 9.90 Å². The molecule has 2 unspecified atom stereocenters. The zero-order valence-corrected chi connectivity index (χ0v) is 14.1. The molecule has 0 radical (unpaired) electrons. The van der Waals surface area contributed by atoms with E-state index in [1.54, 1.807) is 0 Å². The topological polar surface area (TPSA) is 43.8 Å². The molecule has 1 N–H and O–H groups in total. The summed E-state index contributed by atoms with van der Waals surface area (Å²) in [7, 11) is 0. The molecular weight excluding hydrogens is 312 g/mol. The minimum Gasteiger partial charge on any atom is -0.465 e. The van der Waals surface area contributed by atoms with E-state index in [0.29, 0.717) is 24.9 Å². The number of anilines is 1. The van der Waals surface area contributed by atoms with Crippen LogP contribution in [0, 0.1) is 5.92 Å². The number of nitrogens with zero attached hydrogens (tertiary/aromatic N) is 2. The Balaban J connectivity index is 1.81. The second-order valence-corrected chi connectivity index (χ2v) is 7.59. The first kappa shape index (κ1) is 15.1. The van der Waals surface area contributed by atoms with Crippen molar-refractivity contribution in [2.45, 2.75) is 44.6 Å². The molecule has 3 aliphatic rings. The summed E-state index contributed by atoms with van der Waals surface area (Å²) in [5.74, 6) is 1.28. The average molecular weight is 335 g/mol. The van der Waals surface area contributed by atoms with Gasteiger partial charge in [0, 0.05) is 30.3 Å². The van der Waals surface area contributed by atoms with E-state index in [1.807, 2.05) is 6.07 Å². The Morgan fingerprint density at radius 3 is 2.83 bits per heavy atom. The molecule has 2 heterocycles. The maximum Gasteiger partial charge on any atom is 0.407 e. The number of hydrogen-bond acceptors (Lipinski definition) is 2. The standard InChI is InChI=1S/C18H23ClN2O2/c19-14-8-13-11-21(18(22)23)7-6-20-10-12-4-2-1-3-5-15(12)16(9-14)17(13)20/h8-9,12,15H,1-7,10-11H2,(H,22,23). The van der Waals surface area contributed by atoms with E-state index >= 15 is 0 Å². The molecule has 2 atom stereocenters. The quantitative estimate of drug-likeness (QED) is 0.768. The molecule has 0 saturated heterocycles. The van der Waals surface area contributed by atoms with Crippen LogP contribution in [0.1, 0.15) is 49.1 Å². The predicted octanol–water partition coefficient (Wildman–Crippen LogP) is 4.32. The number of halogens is 1. The summed E-state index contributed by atoms with van der Waals surface area (Å²) in [4.78, 5) is 15.4. The molecule has 0 bridgehead atoms. The van der Waals surface area contributed by atoms with Crippen LogP contribution in [0.4, 0.5) is 10.5 Å².